The monoisotopic (exact) mass is 277 g/mol. The first-order chi connectivity index (χ1) is 8.08. The van der Waals surface area contributed by atoms with Crippen molar-refractivity contribution in [3.05, 3.63) is 23.3 Å². The molecule has 3 N–H and O–H groups in total. The lowest BCUT2D eigenvalue weighted by Crippen LogP contribution is -2.06. The summed E-state index contributed by atoms with van der Waals surface area (Å²) in [6.07, 6.45) is 5.53. The molecule has 0 saturated heterocycles. The van der Waals surface area contributed by atoms with Gasteiger partial charge in [0.05, 0.1) is 5.75 Å². The lowest BCUT2D eigenvalue weighted by molar-refractivity contribution is -0.113. The molecule has 0 aromatic carbocycles. The van der Waals surface area contributed by atoms with E-state index in [2.05, 4.69) is 19.9 Å². The van der Waals surface area contributed by atoms with Gasteiger partial charge in [0.2, 0.25) is 5.91 Å². The summed E-state index contributed by atoms with van der Waals surface area (Å²) in [5.74, 6) is -0.558. The topological polar surface area (TPSA) is 97.5 Å². The molecule has 0 atom stereocenters. The fourth-order valence-corrected chi connectivity index (χ4v) is 0.904. The third kappa shape index (κ3) is 20.3. The Bertz CT molecular complexity index is 404. The number of rotatable bonds is 5. The largest absolute Gasteiger partial charge is 0.366 e. The minimum atomic E-state index is -3.66. The zero-order chi connectivity index (χ0) is 14.8. The Labute approximate surface area is 110 Å². The summed E-state index contributed by atoms with van der Waals surface area (Å²) in [6.45, 7) is 7.42. The first kappa shape index (κ1) is 19.2. The number of carbonyl (C=O) groups is 1. The second kappa shape index (κ2) is 9.85. The van der Waals surface area contributed by atoms with Crippen molar-refractivity contribution in [2.24, 2.45) is 5.73 Å². The molecule has 0 bridgehead atoms. The van der Waals surface area contributed by atoms with Gasteiger partial charge in [-0.25, -0.2) is 0 Å². The van der Waals surface area contributed by atoms with Gasteiger partial charge in [0, 0.05) is 6.08 Å². The molecule has 0 radical (unpaired) electrons. The van der Waals surface area contributed by atoms with Crippen molar-refractivity contribution in [1.82, 2.24) is 0 Å². The van der Waals surface area contributed by atoms with Gasteiger partial charge < -0.3 is 5.73 Å². The maximum Gasteiger partial charge on any atom is 0.264 e. The number of hydrogen-bond acceptors (Lipinski definition) is 3. The van der Waals surface area contributed by atoms with Crippen LogP contribution in [0.3, 0.4) is 0 Å². The summed E-state index contributed by atoms with van der Waals surface area (Å²) in [5, 5.41) is 0. The average molecular weight is 277 g/mol. The van der Waals surface area contributed by atoms with E-state index in [9.17, 15) is 13.2 Å². The van der Waals surface area contributed by atoms with Gasteiger partial charge >= 0.3 is 0 Å². The quantitative estimate of drug-likeness (QED) is 0.456. The van der Waals surface area contributed by atoms with Crippen LogP contribution in [0.4, 0.5) is 0 Å². The summed E-state index contributed by atoms with van der Waals surface area (Å²) in [4.78, 5) is 10.4. The predicted octanol–water partition coefficient (Wildman–Crippen LogP) is 2.06. The van der Waals surface area contributed by atoms with E-state index in [0.717, 1.165) is 18.4 Å². The van der Waals surface area contributed by atoms with Crippen LogP contribution in [0.5, 0.6) is 0 Å². The molecule has 0 unspecified atom stereocenters. The van der Waals surface area contributed by atoms with E-state index in [1.54, 1.807) is 0 Å². The van der Waals surface area contributed by atoms with Crippen molar-refractivity contribution < 1.29 is 17.8 Å². The second-order valence-corrected chi connectivity index (χ2v) is 5.82. The number of allylic oxidation sites excluding steroid dienone is 3. The highest BCUT2D eigenvalue weighted by molar-refractivity contribution is 7.85. The van der Waals surface area contributed by atoms with Crippen LogP contribution in [0.2, 0.25) is 0 Å². The molecule has 0 aromatic heterocycles. The second-order valence-electron chi connectivity index (χ2n) is 4.08. The van der Waals surface area contributed by atoms with E-state index in [0.29, 0.717) is 0 Å². The van der Waals surface area contributed by atoms with Gasteiger partial charge in [-0.05, 0) is 40.5 Å². The van der Waals surface area contributed by atoms with Crippen LogP contribution in [0.15, 0.2) is 23.3 Å². The van der Waals surface area contributed by atoms with Crippen LogP contribution in [0, 0.1) is 0 Å². The Morgan fingerprint density at radius 3 is 2.00 bits per heavy atom. The fourth-order valence-electron chi connectivity index (χ4n) is 0.904. The molecule has 0 fully saturated rings. The Morgan fingerprint density at radius 2 is 1.72 bits per heavy atom. The molecular weight excluding hydrogens is 254 g/mol. The predicted molar refractivity (Wildman–Crippen MR) is 73.7 cm³/mol. The minimum Gasteiger partial charge on any atom is -0.366 e. The van der Waals surface area contributed by atoms with Crippen molar-refractivity contribution in [2.45, 2.75) is 40.5 Å². The van der Waals surface area contributed by atoms with Crippen LogP contribution in [0.25, 0.3) is 0 Å². The molecule has 0 aliphatic heterocycles. The number of hydrogen-bond donors (Lipinski definition) is 2. The average Bonchev–Trinajstić information content (AvgIpc) is 2.15. The van der Waals surface area contributed by atoms with Gasteiger partial charge in [-0.1, -0.05) is 17.2 Å². The summed E-state index contributed by atoms with van der Waals surface area (Å²) in [6, 6.07) is 0. The number of carbonyl (C=O) groups excluding carboxylic acids is 1. The minimum absolute atomic E-state index is 0.201. The third-order valence-corrected chi connectivity index (χ3v) is 2.57. The summed E-state index contributed by atoms with van der Waals surface area (Å²) < 4.78 is 26.9. The highest BCUT2D eigenvalue weighted by atomic mass is 32.2. The van der Waals surface area contributed by atoms with Crippen molar-refractivity contribution in [3.63, 3.8) is 0 Å². The smallest absolute Gasteiger partial charge is 0.264 e. The molecule has 0 spiro atoms. The number of primary amides is 1. The van der Waals surface area contributed by atoms with Crippen LogP contribution in [0.1, 0.15) is 40.5 Å². The normalized spacial score (nSPS) is 11.3. The molecule has 0 rings (SSSR count). The van der Waals surface area contributed by atoms with E-state index < -0.39 is 10.1 Å². The molecular formula is C12H23NO4S. The molecule has 6 heteroatoms. The van der Waals surface area contributed by atoms with E-state index in [-0.39, 0.29) is 11.7 Å². The molecule has 106 valence electrons. The van der Waals surface area contributed by atoms with Crippen LogP contribution < -0.4 is 5.73 Å². The zero-order valence-electron chi connectivity index (χ0n) is 11.4. The maximum atomic E-state index is 10.4. The van der Waals surface area contributed by atoms with E-state index >= 15 is 0 Å². The lowest BCUT2D eigenvalue weighted by atomic mass is 10.1. The van der Waals surface area contributed by atoms with Crippen LogP contribution >= 0.6 is 0 Å². The Balaban J connectivity index is 0. The number of nitrogens with two attached hydrogens (primary N) is 1. The maximum absolute atomic E-state index is 10.4. The van der Waals surface area contributed by atoms with Crippen molar-refractivity contribution in [3.8, 4) is 0 Å². The Kier molecular flexibility index (Phi) is 10.5. The van der Waals surface area contributed by atoms with Crippen molar-refractivity contribution in [2.75, 3.05) is 5.75 Å². The molecule has 0 saturated carbocycles. The highest BCUT2D eigenvalue weighted by Gasteiger charge is 1.93. The first-order valence-electron chi connectivity index (χ1n) is 5.63. The first-order valence-corrected chi connectivity index (χ1v) is 7.24. The van der Waals surface area contributed by atoms with Crippen molar-refractivity contribution >= 4 is 16.0 Å². The molecule has 0 aliphatic rings. The van der Waals surface area contributed by atoms with Gasteiger partial charge in [-0.2, -0.15) is 8.42 Å². The zero-order valence-corrected chi connectivity index (χ0v) is 12.3. The third-order valence-electron chi connectivity index (χ3n) is 1.84. The number of amides is 1. The van der Waals surface area contributed by atoms with E-state index in [1.807, 2.05) is 6.92 Å². The molecule has 1 amide bonds. The van der Waals surface area contributed by atoms with Crippen molar-refractivity contribution in [1.29, 1.82) is 0 Å². The lowest BCUT2D eigenvalue weighted by Gasteiger charge is -1.96. The Hall–Kier alpha value is -1.14. The SMILES string of the molecule is CC(C)=CCC/C(C)=C\C(N)=O.CCS(=O)(=O)O. The standard InChI is InChI=1S/C10H17NO.C2H6O3S/c1-8(2)5-4-6-9(3)7-10(11)12;1-2-6(3,4)5/h5,7H,4,6H2,1-3H3,(H2,11,12);2H2,1H3,(H,3,4,5)/b9-7-;. The summed E-state index contributed by atoms with van der Waals surface area (Å²) in [5.41, 5.74) is 7.34. The van der Waals surface area contributed by atoms with Gasteiger partial charge in [0.25, 0.3) is 10.1 Å². The molecule has 0 aliphatic carbocycles. The molecule has 0 aromatic rings. The van der Waals surface area contributed by atoms with E-state index in [4.69, 9.17) is 10.3 Å². The molecule has 18 heavy (non-hydrogen) atoms. The van der Waals surface area contributed by atoms with Gasteiger partial charge in [0.1, 0.15) is 0 Å². The van der Waals surface area contributed by atoms with E-state index in [1.165, 1.54) is 18.6 Å². The summed E-state index contributed by atoms with van der Waals surface area (Å²) >= 11 is 0. The van der Waals surface area contributed by atoms with Gasteiger partial charge in [0.15, 0.2) is 0 Å². The van der Waals surface area contributed by atoms with Crippen LogP contribution in [-0.2, 0) is 14.9 Å². The van der Waals surface area contributed by atoms with Gasteiger partial charge in [-0.15, -0.1) is 0 Å². The Morgan fingerprint density at radius 1 is 1.28 bits per heavy atom. The van der Waals surface area contributed by atoms with Gasteiger partial charge in [-0.3, -0.25) is 9.35 Å². The fraction of sp³-hybridized carbons (Fsp3) is 0.583. The van der Waals surface area contributed by atoms with Crippen LogP contribution in [-0.4, -0.2) is 24.6 Å². The molecule has 0 heterocycles. The molecule has 5 nitrogen and oxygen atoms in total. The highest BCUT2D eigenvalue weighted by Crippen LogP contribution is 2.05. The summed E-state index contributed by atoms with van der Waals surface area (Å²) in [7, 11) is -3.66.